The number of sulfonamides is 1. The molecule has 0 aromatic heterocycles. The molecule has 1 aromatic carbocycles. The first kappa shape index (κ1) is 14.0. The Morgan fingerprint density at radius 1 is 1.15 bits per heavy atom. The molecule has 110 valence electrons. The van der Waals surface area contributed by atoms with Gasteiger partial charge in [0.05, 0.1) is 11.0 Å². The summed E-state index contributed by atoms with van der Waals surface area (Å²) in [6, 6.07) is 5.49. The fraction of sp³-hybridized carbons (Fsp3) is 0.600. The summed E-state index contributed by atoms with van der Waals surface area (Å²) in [6.07, 6.45) is 2.52. The number of fused-ring (bicyclic) bond motifs is 2. The van der Waals surface area contributed by atoms with Gasteiger partial charge < -0.3 is 5.11 Å². The lowest BCUT2D eigenvalue weighted by atomic mass is 10.0. The molecule has 2 heterocycles. The molecule has 0 spiro atoms. The fourth-order valence-electron chi connectivity index (χ4n) is 3.60. The van der Waals surface area contributed by atoms with Crippen molar-refractivity contribution in [1.29, 1.82) is 0 Å². The summed E-state index contributed by atoms with van der Waals surface area (Å²) in [7, 11) is -3.45. The molecule has 2 atom stereocenters. The normalized spacial score (nSPS) is 30.6. The van der Waals surface area contributed by atoms with Crippen LogP contribution in [0.1, 0.15) is 36.8 Å². The van der Waals surface area contributed by atoms with Crippen LogP contribution in [0.25, 0.3) is 0 Å². The Kier molecular flexibility index (Phi) is 3.39. The first-order valence-corrected chi connectivity index (χ1v) is 8.62. The van der Waals surface area contributed by atoms with E-state index in [9.17, 15) is 13.5 Å². The summed E-state index contributed by atoms with van der Waals surface area (Å²) < 4.78 is 27.6. The van der Waals surface area contributed by atoms with Crippen molar-refractivity contribution in [2.45, 2.75) is 62.6 Å². The van der Waals surface area contributed by atoms with E-state index in [1.165, 1.54) is 0 Å². The summed E-state index contributed by atoms with van der Waals surface area (Å²) in [6.45, 7) is 3.75. The summed E-state index contributed by atoms with van der Waals surface area (Å²) in [5.41, 5.74) is 1.75. The molecule has 1 aromatic rings. The van der Waals surface area contributed by atoms with Crippen molar-refractivity contribution >= 4 is 10.0 Å². The molecule has 0 amide bonds. The largest absolute Gasteiger partial charge is 0.393 e. The maximum absolute atomic E-state index is 13.0. The van der Waals surface area contributed by atoms with Crippen molar-refractivity contribution in [3.05, 3.63) is 29.3 Å². The summed E-state index contributed by atoms with van der Waals surface area (Å²) >= 11 is 0. The lowest BCUT2D eigenvalue weighted by Crippen LogP contribution is -2.48. The molecule has 3 rings (SSSR count). The lowest BCUT2D eigenvalue weighted by molar-refractivity contribution is 0.0768. The van der Waals surface area contributed by atoms with E-state index in [0.29, 0.717) is 17.7 Å². The third-order valence-corrected chi connectivity index (χ3v) is 6.69. The van der Waals surface area contributed by atoms with Crippen LogP contribution in [0.15, 0.2) is 23.1 Å². The fourth-order valence-corrected chi connectivity index (χ4v) is 5.80. The van der Waals surface area contributed by atoms with Crippen molar-refractivity contribution in [2.75, 3.05) is 0 Å². The number of piperidine rings is 1. The summed E-state index contributed by atoms with van der Waals surface area (Å²) in [5, 5.41) is 9.82. The van der Waals surface area contributed by atoms with Gasteiger partial charge in [-0.1, -0.05) is 12.1 Å². The van der Waals surface area contributed by atoms with Crippen molar-refractivity contribution in [1.82, 2.24) is 4.31 Å². The van der Waals surface area contributed by atoms with Crippen LogP contribution in [0.3, 0.4) is 0 Å². The third kappa shape index (κ3) is 2.18. The lowest BCUT2D eigenvalue weighted by Gasteiger charge is -2.36. The quantitative estimate of drug-likeness (QED) is 0.907. The maximum Gasteiger partial charge on any atom is 0.243 e. The van der Waals surface area contributed by atoms with Crippen molar-refractivity contribution in [2.24, 2.45) is 0 Å². The molecule has 0 aliphatic carbocycles. The zero-order valence-electron chi connectivity index (χ0n) is 11.9. The highest BCUT2D eigenvalue weighted by atomic mass is 32.2. The predicted molar refractivity (Wildman–Crippen MR) is 77.0 cm³/mol. The second-order valence-corrected chi connectivity index (χ2v) is 7.93. The zero-order valence-corrected chi connectivity index (χ0v) is 12.7. The standard InChI is InChI=1S/C15H21NO3S/c1-10-3-4-11(2)15(7-10)20(18,19)16-12-5-6-13(16)9-14(17)8-12/h3-4,7,12-14,17H,5-6,8-9H2,1-2H3. The molecule has 20 heavy (non-hydrogen) atoms. The second kappa shape index (κ2) is 4.83. The van der Waals surface area contributed by atoms with Gasteiger partial charge in [0.2, 0.25) is 10.0 Å². The second-order valence-electron chi connectivity index (χ2n) is 6.11. The Bertz CT molecular complexity index is 612. The van der Waals surface area contributed by atoms with Crippen molar-refractivity contribution < 1.29 is 13.5 Å². The van der Waals surface area contributed by atoms with Crippen LogP contribution in [-0.2, 0) is 10.0 Å². The number of aliphatic hydroxyl groups is 1. The van der Waals surface area contributed by atoms with E-state index in [1.54, 1.807) is 10.4 Å². The first-order chi connectivity index (χ1) is 9.39. The van der Waals surface area contributed by atoms with Crippen LogP contribution in [0, 0.1) is 13.8 Å². The molecule has 2 saturated heterocycles. The van der Waals surface area contributed by atoms with Crippen LogP contribution in [0.2, 0.25) is 0 Å². The van der Waals surface area contributed by atoms with Crippen molar-refractivity contribution in [3.8, 4) is 0 Å². The number of nitrogens with zero attached hydrogens (tertiary/aromatic N) is 1. The van der Waals surface area contributed by atoms with E-state index in [-0.39, 0.29) is 18.2 Å². The number of hydrogen-bond acceptors (Lipinski definition) is 3. The predicted octanol–water partition coefficient (Wildman–Crippen LogP) is 1.98. The van der Waals surface area contributed by atoms with E-state index in [4.69, 9.17) is 0 Å². The van der Waals surface area contributed by atoms with Gasteiger partial charge in [-0.05, 0) is 56.7 Å². The third-order valence-electron chi connectivity index (χ3n) is 4.54. The Balaban J connectivity index is 2.03. The van der Waals surface area contributed by atoms with Gasteiger partial charge in [-0.3, -0.25) is 0 Å². The minimum Gasteiger partial charge on any atom is -0.393 e. The van der Waals surface area contributed by atoms with E-state index in [1.807, 2.05) is 26.0 Å². The molecular formula is C15H21NO3S. The van der Waals surface area contributed by atoms with Gasteiger partial charge >= 0.3 is 0 Å². The number of hydrogen-bond donors (Lipinski definition) is 1. The molecule has 2 fully saturated rings. The average molecular weight is 295 g/mol. The van der Waals surface area contributed by atoms with Crippen LogP contribution >= 0.6 is 0 Å². The van der Waals surface area contributed by atoms with Crippen LogP contribution in [0.4, 0.5) is 0 Å². The Hall–Kier alpha value is -0.910. The Morgan fingerprint density at radius 2 is 1.75 bits per heavy atom. The number of aliphatic hydroxyl groups excluding tert-OH is 1. The average Bonchev–Trinajstić information content (AvgIpc) is 2.66. The van der Waals surface area contributed by atoms with Crippen LogP contribution < -0.4 is 0 Å². The molecule has 2 aliphatic heterocycles. The highest BCUT2D eigenvalue weighted by molar-refractivity contribution is 7.89. The van der Waals surface area contributed by atoms with E-state index in [2.05, 4.69) is 0 Å². The van der Waals surface area contributed by atoms with Gasteiger partial charge in [-0.2, -0.15) is 4.31 Å². The SMILES string of the molecule is Cc1ccc(C)c(S(=O)(=O)N2C3CCC2CC(O)C3)c1. The number of rotatable bonds is 2. The molecule has 5 heteroatoms. The van der Waals surface area contributed by atoms with Gasteiger partial charge in [-0.25, -0.2) is 8.42 Å². The molecule has 0 radical (unpaired) electrons. The monoisotopic (exact) mass is 295 g/mol. The zero-order chi connectivity index (χ0) is 14.5. The molecule has 4 nitrogen and oxygen atoms in total. The van der Waals surface area contributed by atoms with Gasteiger partial charge in [0, 0.05) is 12.1 Å². The molecular weight excluding hydrogens is 274 g/mol. The number of benzene rings is 1. The van der Waals surface area contributed by atoms with Crippen molar-refractivity contribution in [3.63, 3.8) is 0 Å². The molecule has 2 unspecified atom stereocenters. The Morgan fingerprint density at radius 3 is 2.35 bits per heavy atom. The smallest absolute Gasteiger partial charge is 0.243 e. The number of aryl methyl sites for hydroxylation is 2. The minimum absolute atomic E-state index is 0.0336. The van der Waals surface area contributed by atoms with Gasteiger partial charge in [0.1, 0.15) is 0 Å². The minimum atomic E-state index is -3.45. The highest BCUT2D eigenvalue weighted by Crippen LogP contribution is 2.40. The van der Waals surface area contributed by atoms with E-state index >= 15 is 0 Å². The topological polar surface area (TPSA) is 57.6 Å². The Labute approximate surface area is 120 Å². The molecule has 2 aliphatic rings. The van der Waals surface area contributed by atoms with E-state index < -0.39 is 10.0 Å². The highest BCUT2D eigenvalue weighted by Gasteiger charge is 2.47. The summed E-state index contributed by atoms with van der Waals surface area (Å²) in [5.74, 6) is 0. The van der Waals surface area contributed by atoms with Crippen LogP contribution in [-0.4, -0.2) is 36.0 Å². The first-order valence-electron chi connectivity index (χ1n) is 7.18. The van der Waals surface area contributed by atoms with E-state index in [0.717, 1.165) is 24.0 Å². The molecule has 2 bridgehead atoms. The molecule has 0 saturated carbocycles. The maximum atomic E-state index is 13.0. The molecule has 1 N–H and O–H groups in total. The van der Waals surface area contributed by atoms with Gasteiger partial charge in [0.25, 0.3) is 0 Å². The van der Waals surface area contributed by atoms with Gasteiger partial charge in [0.15, 0.2) is 0 Å². The summed E-state index contributed by atoms with van der Waals surface area (Å²) in [4.78, 5) is 0.422. The van der Waals surface area contributed by atoms with Crippen LogP contribution in [0.5, 0.6) is 0 Å². The van der Waals surface area contributed by atoms with Gasteiger partial charge in [-0.15, -0.1) is 0 Å².